The maximum Gasteiger partial charge on any atom is 0.259 e. The summed E-state index contributed by atoms with van der Waals surface area (Å²) in [6, 6.07) is 27.7. The molecular formula is C28H22Cl2N4O. The van der Waals surface area contributed by atoms with Crippen molar-refractivity contribution < 1.29 is 4.79 Å². The maximum absolute atomic E-state index is 12.4. The van der Waals surface area contributed by atoms with Gasteiger partial charge in [-0.3, -0.25) is 4.79 Å². The Kier molecular flexibility index (Phi) is 6.70. The van der Waals surface area contributed by atoms with Crippen molar-refractivity contribution in [3.8, 4) is 0 Å². The Morgan fingerprint density at radius 2 is 1.66 bits per heavy atom. The number of nitrogens with zero attached hydrogens (tertiary/aromatic N) is 2. The number of carbonyl (C=O) groups is 1. The third-order valence-corrected chi connectivity index (χ3v) is 6.52. The Morgan fingerprint density at radius 3 is 2.51 bits per heavy atom. The van der Waals surface area contributed by atoms with E-state index in [-0.39, 0.29) is 12.5 Å². The summed E-state index contributed by atoms with van der Waals surface area (Å²) in [4.78, 5) is 12.4. The summed E-state index contributed by atoms with van der Waals surface area (Å²) < 4.78 is 2.13. The van der Waals surface area contributed by atoms with E-state index in [1.165, 1.54) is 0 Å². The molecule has 0 aliphatic heterocycles. The van der Waals surface area contributed by atoms with Crippen LogP contribution in [-0.2, 0) is 11.3 Å². The van der Waals surface area contributed by atoms with Crippen LogP contribution in [0.3, 0.4) is 0 Å². The summed E-state index contributed by atoms with van der Waals surface area (Å²) in [6.45, 7) is 0.747. The zero-order valence-corrected chi connectivity index (χ0v) is 20.2. The smallest absolute Gasteiger partial charge is 0.259 e. The number of hydrogen-bond acceptors (Lipinski definition) is 3. The van der Waals surface area contributed by atoms with E-state index in [0.717, 1.165) is 38.5 Å². The van der Waals surface area contributed by atoms with Gasteiger partial charge in [-0.1, -0.05) is 83.9 Å². The number of benzene rings is 4. The van der Waals surface area contributed by atoms with Gasteiger partial charge in [-0.15, -0.1) is 0 Å². The Labute approximate surface area is 213 Å². The summed E-state index contributed by atoms with van der Waals surface area (Å²) in [6.07, 6.45) is 3.68. The molecule has 0 atom stereocenters. The molecule has 0 unspecified atom stereocenters. The first-order chi connectivity index (χ1) is 17.1. The van der Waals surface area contributed by atoms with Crippen LogP contribution in [-0.4, -0.2) is 23.2 Å². The molecule has 2 N–H and O–H groups in total. The molecule has 5 nitrogen and oxygen atoms in total. The zero-order valence-electron chi connectivity index (χ0n) is 18.7. The Morgan fingerprint density at radius 1 is 0.886 bits per heavy atom. The minimum absolute atomic E-state index is 0.116. The molecule has 35 heavy (non-hydrogen) atoms. The molecule has 7 heteroatoms. The summed E-state index contributed by atoms with van der Waals surface area (Å²) in [7, 11) is 0. The van der Waals surface area contributed by atoms with E-state index < -0.39 is 0 Å². The second kappa shape index (κ2) is 10.2. The van der Waals surface area contributed by atoms with Crippen LogP contribution in [0.15, 0.2) is 96.2 Å². The third-order valence-electron chi connectivity index (χ3n) is 5.78. The Hall–Kier alpha value is -3.80. The lowest BCUT2D eigenvalue weighted by Gasteiger charge is -2.08. The van der Waals surface area contributed by atoms with Crippen molar-refractivity contribution in [2.75, 3.05) is 11.9 Å². The molecule has 1 heterocycles. The van der Waals surface area contributed by atoms with Gasteiger partial charge >= 0.3 is 0 Å². The normalized spacial score (nSPS) is 11.4. The maximum atomic E-state index is 12.4. The standard InChI is InChI=1S/C28H22Cl2N4O/c29-24-13-12-19(14-25(24)30)17-34-18-21(23-9-3-4-11-27(23)34)15-32-33-28(35)16-31-26-10-5-7-20-6-1-2-8-22(20)26/h1-15,18,31H,16-17H2,(H,33,35)/b32-15-. The van der Waals surface area contributed by atoms with Crippen molar-refractivity contribution >= 4 is 62.7 Å². The topological polar surface area (TPSA) is 58.4 Å². The first kappa shape index (κ1) is 23.0. The molecule has 0 aliphatic carbocycles. The SMILES string of the molecule is O=C(CNc1cccc2ccccc12)N/N=C\c1cn(Cc2ccc(Cl)c(Cl)c2)c2ccccc12. The van der Waals surface area contributed by atoms with Crippen LogP contribution in [0.2, 0.25) is 10.0 Å². The van der Waals surface area contributed by atoms with Crippen molar-refractivity contribution in [1.29, 1.82) is 0 Å². The monoisotopic (exact) mass is 500 g/mol. The molecule has 0 aliphatic rings. The fraction of sp³-hybridized carbons (Fsp3) is 0.0714. The predicted octanol–water partition coefficient (Wildman–Crippen LogP) is 6.71. The van der Waals surface area contributed by atoms with Crippen LogP contribution in [0.1, 0.15) is 11.1 Å². The van der Waals surface area contributed by atoms with Gasteiger partial charge in [0.05, 0.1) is 22.8 Å². The number of para-hydroxylation sites is 1. The Balaban J connectivity index is 1.27. The largest absolute Gasteiger partial charge is 0.376 e. The molecule has 5 rings (SSSR count). The van der Waals surface area contributed by atoms with E-state index in [2.05, 4.69) is 26.5 Å². The molecule has 0 bridgehead atoms. The van der Waals surface area contributed by atoms with Gasteiger partial charge in [0.1, 0.15) is 0 Å². The lowest BCUT2D eigenvalue weighted by molar-refractivity contribution is -0.119. The van der Waals surface area contributed by atoms with Gasteiger partial charge in [0, 0.05) is 40.3 Å². The quantitative estimate of drug-likeness (QED) is 0.192. The minimum Gasteiger partial charge on any atom is -0.376 e. The van der Waals surface area contributed by atoms with E-state index in [4.69, 9.17) is 23.2 Å². The first-order valence-corrected chi connectivity index (χ1v) is 11.9. The average molecular weight is 501 g/mol. The van der Waals surface area contributed by atoms with E-state index in [9.17, 15) is 4.79 Å². The molecule has 1 aromatic heterocycles. The Bertz CT molecular complexity index is 1550. The second-order valence-electron chi connectivity index (χ2n) is 8.15. The molecule has 0 radical (unpaired) electrons. The van der Waals surface area contributed by atoms with Crippen molar-refractivity contribution in [3.63, 3.8) is 0 Å². The van der Waals surface area contributed by atoms with Gasteiger partial charge in [-0.2, -0.15) is 5.10 Å². The van der Waals surface area contributed by atoms with E-state index in [0.29, 0.717) is 16.6 Å². The van der Waals surface area contributed by atoms with Gasteiger partial charge in [0.2, 0.25) is 0 Å². The highest BCUT2D eigenvalue weighted by Crippen LogP contribution is 2.26. The molecule has 0 saturated carbocycles. The van der Waals surface area contributed by atoms with Crippen LogP contribution in [0, 0.1) is 0 Å². The van der Waals surface area contributed by atoms with Crippen molar-refractivity contribution in [2.45, 2.75) is 6.54 Å². The second-order valence-corrected chi connectivity index (χ2v) is 8.97. The number of anilines is 1. The number of amides is 1. The minimum atomic E-state index is -0.228. The molecule has 0 fully saturated rings. The number of halogens is 2. The number of rotatable bonds is 7. The molecule has 4 aromatic carbocycles. The highest BCUT2D eigenvalue weighted by atomic mass is 35.5. The first-order valence-electron chi connectivity index (χ1n) is 11.1. The van der Waals surface area contributed by atoms with Crippen LogP contribution in [0.25, 0.3) is 21.7 Å². The van der Waals surface area contributed by atoms with Gasteiger partial charge in [0.15, 0.2) is 0 Å². The van der Waals surface area contributed by atoms with E-state index in [1.54, 1.807) is 12.3 Å². The van der Waals surface area contributed by atoms with Gasteiger partial charge in [0.25, 0.3) is 5.91 Å². The zero-order chi connectivity index (χ0) is 24.2. The molecule has 0 saturated heterocycles. The van der Waals surface area contributed by atoms with Crippen LogP contribution in [0.4, 0.5) is 5.69 Å². The number of fused-ring (bicyclic) bond motifs is 2. The highest BCUT2D eigenvalue weighted by Gasteiger charge is 2.09. The third kappa shape index (κ3) is 5.16. The fourth-order valence-electron chi connectivity index (χ4n) is 4.11. The molecule has 0 spiro atoms. The number of hydrogen-bond donors (Lipinski definition) is 2. The van der Waals surface area contributed by atoms with Gasteiger partial charge in [-0.25, -0.2) is 5.43 Å². The number of aromatic nitrogens is 1. The summed E-state index contributed by atoms with van der Waals surface area (Å²) in [5.41, 5.74) is 6.53. The van der Waals surface area contributed by atoms with Crippen LogP contribution < -0.4 is 10.7 Å². The fourth-order valence-corrected chi connectivity index (χ4v) is 4.43. The summed E-state index contributed by atoms with van der Waals surface area (Å²) >= 11 is 12.2. The number of carbonyl (C=O) groups excluding carboxylic acids is 1. The molecule has 5 aromatic rings. The number of nitrogens with one attached hydrogen (secondary N) is 2. The number of hydrazone groups is 1. The van der Waals surface area contributed by atoms with Crippen LogP contribution >= 0.6 is 23.2 Å². The van der Waals surface area contributed by atoms with E-state index in [1.807, 2.05) is 79.0 Å². The van der Waals surface area contributed by atoms with Gasteiger partial charge in [-0.05, 0) is 35.2 Å². The van der Waals surface area contributed by atoms with Crippen molar-refractivity contribution in [2.24, 2.45) is 5.10 Å². The van der Waals surface area contributed by atoms with E-state index >= 15 is 0 Å². The highest BCUT2D eigenvalue weighted by molar-refractivity contribution is 6.42. The molecule has 1 amide bonds. The lowest BCUT2D eigenvalue weighted by Crippen LogP contribution is -2.25. The molecule has 174 valence electrons. The lowest BCUT2D eigenvalue weighted by atomic mass is 10.1. The summed E-state index contributed by atoms with van der Waals surface area (Å²) in [5, 5.41) is 11.7. The van der Waals surface area contributed by atoms with Gasteiger partial charge < -0.3 is 9.88 Å². The summed E-state index contributed by atoms with van der Waals surface area (Å²) in [5.74, 6) is -0.228. The average Bonchev–Trinajstić information content (AvgIpc) is 3.22. The van der Waals surface area contributed by atoms with Crippen molar-refractivity contribution in [1.82, 2.24) is 9.99 Å². The van der Waals surface area contributed by atoms with Crippen molar-refractivity contribution in [3.05, 3.63) is 112 Å². The predicted molar refractivity (Wildman–Crippen MR) is 146 cm³/mol. The van der Waals surface area contributed by atoms with Crippen LogP contribution in [0.5, 0.6) is 0 Å². The molecular weight excluding hydrogens is 479 g/mol.